The van der Waals surface area contributed by atoms with Gasteiger partial charge in [0.05, 0.1) is 18.4 Å². The predicted molar refractivity (Wildman–Crippen MR) is 48.3 cm³/mol. The summed E-state index contributed by atoms with van der Waals surface area (Å²) >= 11 is 0. The number of aromatic nitrogens is 2. The van der Waals surface area contributed by atoms with E-state index in [0.717, 1.165) is 13.0 Å². The third-order valence-corrected chi connectivity index (χ3v) is 1.76. The van der Waals surface area contributed by atoms with E-state index < -0.39 is 5.97 Å². The zero-order chi connectivity index (χ0) is 9.84. The molecule has 0 saturated carbocycles. The van der Waals surface area contributed by atoms with Crippen molar-refractivity contribution in [1.29, 1.82) is 0 Å². The predicted octanol–water partition coefficient (Wildman–Crippen LogP) is 0.502. The van der Waals surface area contributed by atoms with Gasteiger partial charge in [-0.1, -0.05) is 6.92 Å². The standard InChI is InChI=1S/C8H13N3O2/c1-2-3-11-5-10-8(9)6(11)4-7(12)13/h5H,2-4,9H2,1H3,(H,12,13). The first kappa shape index (κ1) is 9.57. The van der Waals surface area contributed by atoms with E-state index in [0.29, 0.717) is 11.5 Å². The molecule has 5 heteroatoms. The second-order valence-corrected chi connectivity index (χ2v) is 2.84. The zero-order valence-electron chi connectivity index (χ0n) is 7.53. The average Bonchev–Trinajstić information content (AvgIpc) is 2.36. The van der Waals surface area contributed by atoms with Gasteiger partial charge in [0, 0.05) is 6.54 Å². The molecule has 0 bridgehead atoms. The molecule has 3 N–H and O–H groups in total. The number of aryl methyl sites for hydroxylation is 1. The largest absolute Gasteiger partial charge is 0.481 e. The number of anilines is 1. The number of nitrogens with zero attached hydrogens (tertiary/aromatic N) is 2. The average molecular weight is 183 g/mol. The van der Waals surface area contributed by atoms with Gasteiger partial charge in [0.15, 0.2) is 0 Å². The highest BCUT2D eigenvalue weighted by molar-refractivity contribution is 5.71. The van der Waals surface area contributed by atoms with Gasteiger partial charge in [-0.3, -0.25) is 4.79 Å². The number of hydrogen-bond donors (Lipinski definition) is 2. The lowest BCUT2D eigenvalue weighted by Crippen LogP contribution is -2.09. The first-order chi connectivity index (χ1) is 6.15. The molecule has 0 aliphatic rings. The maximum Gasteiger partial charge on any atom is 0.309 e. The number of aliphatic carboxylic acids is 1. The van der Waals surface area contributed by atoms with Gasteiger partial charge in [-0.2, -0.15) is 0 Å². The highest BCUT2D eigenvalue weighted by atomic mass is 16.4. The lowest BCUT2D eigenvalue weighted by atomic mass is 10.3. The highest BCUT2D eigenvalue weighted by Crippen LogP contribution is 2.10. The molecule has 0 aliphatic heterocycles. The van der Waals surface area contributed by atoms with Gasteiger partial charge in [0.25, 0.3) is 0 Å². The molecule has 1 aromatic rings. The van der Waals surface area contributed by atoms with E-state index in [1.807, 2.05) is 6.92 Å². The van der Waals surface area contributed by atoms with Gasteiger partial charge in [-0.15, -0.1) is 0 Å². The van der Waals surface area contributed by atoms with E-state index in [1.54, 1.807) is 10.9 Å². The Morgan fingerprint density at radius 2 is 2.46 bits per heavy atom. The van der Waals surface area contributed by atoms with Crippen LogP contribution in [-0.2, 0) is 17.8 Å². The third kappa shape index (κ3) is 2.21. The number of carboxylic acid groups (broad SMARTS) is 1. The van der Waals surface area contributed by atoms with Gasteiger partial charge >= 0.3 is 5.97 Å². The summed E-state index contributed by atoms with van der Waals surface area (Å²) in [6.45, 7) is 2.77. The quantitative estimate of drug-likeness (QED) is 0.712. The Hall–Kier alpha value is -1.52. The smallest absolute Gasteiger partial charge is 0.309 e. The van der Waals surface area contributed by atoms with Crippen LogP contribution < -0.4 is 5.73 Å². The Morgan fingerprint density at radius 3 is 3.00 bits per heavy atom. The van der Waals surface area contributed by atoms with Crippen molar-refractivity contribution in [3.8, 4) is 0 Å². The summed E-state index contributed by atoms with van der Waals surface area (Å²) in [5.74, 6) is -0.569. The van der Waals surface area contributed by atoms with Gasteiger partial charge < -0.3 is 15.4 Å². The van der Waals surface area contributed by atoms with Gasteiger partial charge in [0.1, 0.15) is 5.82 Å². The van der Waals surface area contributed by atoms with Gasteiger partial charge in [0.2, 0.25) is 0 Å². The number of nitrogens with two attached hydrogens (primary N) is 1. The third-order valence-electron chi connectivity index (χ3n) is 1.76. The molecule has 72 valence electrons. The molecular formula is C8H13N3O2. The molecule has 0 aromatic carbocycles. The van der Waals surface area contributed by atoms with E-state index in [-0.39, 0.29) is 6.42 Å². The second kappa shape index (κ2) is 3.93. The summed E-state index contributed by atoms with van der Waals surface area (Å²) in [5.41, 5.74) is 6.12. The first-order valence-electron chi connectivity index (χ1n) is 4.16. The van der Waals surface area contributed by atoms with E-state index in [9.17, 15) is 4.79 Å². The first-order valence-corrected chi connectivity index (χ1v) is 4.16. The molecule has 0 aliphatic carbocycles. The summed E-state index contributed by atoms with van der Waals surface area (Å²) in [6, 6.07) is 0. The maximum absolute atomic E-state index is 10.5. The van der Waals surface area contributed by atoms with E-state index in [2.05, 4.69) is 4.98 Å². The van der Waals surface area contributed by atoms with Crippen LogP contribution in [0.5, 0.6) is 0 Å². The molecule has 0 atom stereocenters. The monoisotopic (exact) mass is 183 g/mol. The molecule has 0 fully saturated rings. The van der Waals surface area contributed by atoms with Crippen molar-refractivity contribution in [1.82, 2.24) is 9.55 Å². The normalized spacial score (nSPS) is 10.2. The molecule has 0 radical (unpaired) electrons. The lowest BCUT2D eigenvalue weighted by molar-refractivity contribution is -0.136. The molecule has 1 aromatic heterocycles. The van der Waals surface area contributed by atoms with Crippen molar-refractivity contribution in [3.05, 3.63) is 12.0 Å². The van der Waals surface area contributed by atoms with Crippen molar-refractivity contribution in [3.63, 3.8) is 0 Å². The number of hydrogen-bond acceptors (Lipinski definition) is 3. The minimum Gasteiger partial charge on any atom is -0.481 e. The molecule has 1 rings (SSSR count). The van der Waals surface area contributed by atoms with Gasteiger partial charge in [-0.25, -0.2) is 4.98 Å². The minimum absolute atomic E-state index is 0.0637. The summed E-state index contributed by atoms with van der Waals surface area (Å²) < 4.78 is 1.78. The van der Waals surface area contributed by atoms with E-state index >= 15 is 0 Å². The number of imidazole rings is 1. The Balaban J connectivity index is 2.87. The molecule has 0 spiro atoms. The Kier molecular flexibility index (Phi) is 2.89. The summed E-state index contributed by atoms with van der Waals surface area (Å²) in [6.07, 6.45) is 2.45. The van der Waals surface area contributed by atoms with Crippen LogP contribution in [0.1, 0.15) is 19.0 Å². The van der Waals surface area contributed by atoms with Crippen LogP contribution in [0.25, 0.3) is 0 Å². The fraction of sp³-hybridized carbons (Fsp3) is 0.500. The van der Waals surface area contributed by atoms with Crippen LogP contribution in [0.2, 0.25) is 0 Å². The Morgan fingerprint density at radius 1 is 1.77 bits per heavy atom. The van der Waals surface area contributed by atoms with Crippen molar-refractivity contribution >= 4 is 11.8 Å². The van der Waals surface area contributed by atoms with Crippen molar-refractivity contribution in [2.45, 2.75) is 26.3 Å². The second-order valence-electron chi connectivity index (χ2n) is 2.84. The van der Waals surface area contributed by atoms with Crippen LogP contribution in [0.15, 0.2) is 6.33 Å². The van der Waals surface area contributed by atoms with Crippen LogP contribution in [0.4, 0.5) is 5.82 Å². The van der Waals surface area contributed by atoms with Crippen molar-refractivity contribution in [2.24, 2.45) is 0 Å². The Labute approximate surface area is 76.2 Å². The number of carbonyl (C=O) groups is 1. The van der Waals surface area contributed by atoms with Crippen LogP contribution >= 0.6 is 0 Å². The molecule has 5 nitrogen and oxygen atoms in total. The van der Waals surface area contributed by atoms with E-state index in [1.165, 1.54) is 0 Å². The number of rotatable bonds is 4. The lowest BCUT2D eigenvalue weighted by Gasteiger charge is -2.04. The molecule has 0 saturated heterocycles. The van der Waals surface area contributed by atoms with Crippen LogP contribution in [-0.4, -0.2) is 20.6 Å². The summed E-state index contributed by atoms with van der Waals surface area (Å²) in [7, 11) is 0. The summed E-state index contributed by atoms with van der Waals surface area (Å²) in [5, 5.41) is 8.61. The SMILES string of the molecule is CCCn1cnc(N)c1CC(=O)O. The fourth-order valence-electron chi connectivity index (χ4n) is 1.19. The number of carboxylic acids is 1. The topological polar surface area (TPSA) is 81.1 Å². The zero-order valence-corrected chi connectivity index (χ0v) is 7.53. The molecule has 0 unspecified atom stereocenters. The van der Waals surface area contributed by atoms with Gasteiger partial charge in [-0.05, 0) is 6.42 Å². The van der Waals surface area contributed by atoms with Crippen LogP contribution in [0.3, 0.4) is 0 Å². The van der Waals surface area contributed by atoms with Crippen LogP contribution in [0, 0.1) is 0 Å². The molecule has 0 amide bonds. The fourth-order valence-corrected chi connectivity index (χ4v) is 1.19. The molecule has 1 heterocycles. The summed E-state index contributed by atoms with van der Waals surface area (Å²) in [4.78, 5) is 14.3. The van der Waals surface area contributed by atoms with E-state index in [4.69, 9.17) is 10.8 Å². The van der Waals surface area contributed by atoms with Crippen molar-refractivity contribution in [2.75, 3.05) is 5.73 Å². The molecule has 13 heavy (non-hydrogen) atoms. The molecular weight excluding hydrogens is 170 g/mol. The van der Waals surface area contributed by atoms with Crippen molar-refractivity contribution < 1.29 is 9.90 Å². The maximum atomic E-state index is 10.5. The number of nitrogen functional groups attached to an aromatic ring is 1. The Bertz CT molecular complexity index is 306. The highest BCUT2D eigenvalue weighted by Gasteiger charge is 2.10. The minimum atomic E-state index is -0.885.